The molecular formula is C13H22N4O7. The maximum absolute atomic E-state index is 11.8. The molecule has 1 rings (SSSR count). The molecule has 0 atom stereocenters. The van der Waals surface area contributed by atoms with Gasteiger partial charge in [0, 0.05) is 26.2 Å². The lowest BCUT2D eigenvalue weighted by Crippen LogP contribution is -2.45. The molecule has 11 heteroatoms. The molecule has 1 fully saturated rings. The van der Waals surface area contributed by atoms with E-state index in [1.165, 1.54) is 9.80 Å². The Morgan fingerprint density at radius 2 is 1.29 bits per heavy atom. The molecule has 0 saturated carbocycles. The SMILES string of the molecule is O=C(O)CN1CCN(CC(=O)O)CC(=O)NCC(O)CNC(=O)C1. The Bertz CT molecular complexity index is 443. The van der Waals surface area contributed by atoms with Crippen LogP contribution in [0.5, 0.6) is 0 Å². The van der Waals surface area contributed by atoms with E-state index in [4.69, 9.17) is 10.2 Å². The van der Waals surface area contributed by atoms with Gasteiger partial charge in [-0.05, 0) is 0 Å². The summed E-state index contributed by atoms with van der Waals surface area (Å²) in [6.45, 7) is -1.18. The van der Waals surface area contributed by atoms with Gasteiger partial charge in [0.1, 0.15) is 0 Å². The molecule has 136 valence electrons. The van der Waals surface area contributed by atoms with Gasteiger partial charge in [-0.2, -0.15) is 0 Å². The molecule has 1 aliphatic heterocycles. The fourth-order valence-corrected chi connectivity index (χ4v) is 2.15. The van der Waals surface area contributed by atoms with E-state index >= 15 is 0 Å². The van der Waals surface area contributed by atoms with Crippen molar-refractivity contribution in [2.24, 2.45) is 0 Å². The van der Waals surface area contributed by atoms with E-state index in [0.29, 0.717) is 0 Å². The third-order valence-electron chi connectivity index (χ3n) is 3.25. The van der Waals surface area contributed by atoms with Crippen LogP contribution >= 0.6 is 0 Å². The zero-order valence-electron chi connectivity index (χ0n) is 13.1. The largest absolute Gasteiger partial charge is 0.480 e. The van der Waals surface area contributed by atoms with Crippen LogP contribution in [-0.4, -0.2) is 107 Å². The fourth-order valence-electron chi connectivity index (χ4n) is 2.15. The van der Waals surface area contributed by atoms with Crippen LogP contribution in [0.25, 0.3) is 0 Å². The van der Waals surface area contributed by atoms with Crippen molar-refractivity contribution in [3.63, 3.8) is 0 Å². The van der Waals surface area contributed by atoms with Crippen molar-refractivity contribution in [2.75, 3.05) is 52.4 Å². The van der Waals surface area contributed by atoms with Gasteiger partial charge in [-0.15, -0.1) is 0 Å². The Morgan fingerprint density at radius 1 is 0.917 bits per heavy atom. The number of carboxylic acid groups (broad SMARTS) is 2. The van der Waals surface area contributed by atoms with E-state index in [0.717, 1.165) is 0 Å². The van der Waals surface area contributed by atoms with E-state index in [1.54, 1.807) is 0 Å². The number of hydrogen-bond donors (Lipinski definition) is 5. The van der Waals surface area contributed by atoms with Crippen LogP contribution in [0.3, 0.4) is 0 Å². The normalized spacial score (nSPS) is 20.2. The third-order valence-corrected chi connectivity index (χ3v) is 3.25. The summed E-state index contributed by atoms with van der Waals surface area (Å²) in [5.41, 5.74) is 0. The number of carboxylic acids is 2. The standard InChI is InChI=1S/C13H22N4O7/c18-9-3-14-10(19)5-16(7-12(21)22)1-2-17(8-13(23)24)6-11(20)15-4-9/h9,18H,1-8H2,(H,14,19)(H,15,20)(H,21,22)(H,23,24). The second kappa shape index (κ2) is 9.80. The molecule has 0 aromatic heterocycles. The summed E-state index contributed by atoms with van der Waals surface area (Å²) in [5.74, 6) is -3.19. The molecule has 5 N–H and O–H groups in total. The van der Waals surface area contributed by atoms with E-state index in [2.05, 4.69) is 10.6 Å². The van der Waals surface area contributed by atoms with Crippen LogP contribution in [0.4, 0.5) is 0 Å². The predicted octanol–water partition coefficient (Wildman–Crippen LogP) is -3.63. The van der Waals surface area contributed by atoms with Gasteiger partial charge in [0.2, 0.25) is 11.8 Å². The maximum Gasteiger partial charge on any atom is 0.317 e. The van der Waals surface area contributed by atoms with Gasteiger partial charge < -0.3 is 26.0 Å². The van der Waals surface area contributed by atoms with E-state index < -0.39 is 42.9 Å². The van der Waals surface area contributed by atoms with Crippen molar-refractivity contribution >= 4 is 23.8 Å². The van der Waals surface area contributed by atoms with Gasteiger partial charge in [-0.25, -0.2) is 0 Å². The van der Waals surface area contributed by atoms with Gasteiger partial charge in [0.25, 0.3) is 0 Å². The molecule has 11 nitrogen and oxygen atoms in total. The Morgan fingerprint density at radius 3 is 1.62 bits per heavy atom. The van der Waals surface area contributed by atoms with Crippen molar-refractivity contribution in [1.82, 2.24) is 20.4 Å². The van der Waals surface area contributed by atoms with Crippen LogP contribution in [0.1, 0.15) is 0 Å². The lowest BCUT2D eigenvalue weighted by molar-refractivity contribution is -0.141. The van der Waals surface area contributed by atoms with Crippen LogP contribution in [-0.2, 0) is 19.2 Å². The Labute approximate surface area is 138 Å². The highest BCUT2D eigenvalue weighted by Crippen LogP contribution is 1.95. The van der Waals surface area contributed by atoms with E-state index in [9.17, 15) is 24.3 Å². The van der Waals surface area contributed by atoms with Gasteiger partial charge in [0.05, 0.1) is 32.3 Å². The molecular weight excluding hydrogens is 324 g/mol. The first-order valence-corrected chi connectivity index (χ1v) is 7.36. The molecule has 1 heterocycles. The van der Waals surface area contributed by atoms with Crippen molar-refractivity contribution in [3.05, 3.63) is 0 Å². The Kier molecular flexibility index (Phi) is 8.09. The minimum Gasteiger partial charge on any atom is -0.480 e. The minimum atomic E-state index is -1.13. The number of amides is 2. The van der Waals surface area contributed by atoms with E-state index in [-0.39, 0.29) is 39.3 Å². The molecule has 1 aliphatic rings. The van der Waals surface area contributed by atoms with Gasteiger partial charge in [-0.3, -0.25) is 29.0 Å². The molecule has 0 aromatic rings. The minimum absolute atomic E-state index is 0.0845. The smallest absolute Gasteiger partial charge is 0.317 e. The Balaban J connectivity index is 2.82. The number of β-amino-alcohol motifs (C(OH)–C–C–N with tert-alkyl or cyclic N) is 1. The van der Waals surface area contributed by atoms with Crippen LogP contribution in [0.15, 0.2) is 0 Å². The number of nitrogens with one attached hydrogen (secondary N) is 2. The van der Waals surface area contributed by atoms with Gasteiger partial charge in [-0.1, -0.05) is 0 Å². The van der Waals surface area contributed by atoms with Crippen LogP contribution < -0.4 is 10.6 Å². The van der Waals surface area contributed by atoms with Crippen molar-refractivity contribution in [2.45, 2.75) is 6.10 Å². The highest BCUT2D eigenvalue weighted by molar-refractivity contribution is 5.80. The highest BCUT2D eigenvalue weighted by Gasteiger charge is 2.20. The molecule has 0 aliphatic carbocycles. The van der Waals surface area contributed by atoms with E-state index in [1.807, 2.05) is 0 Å². The van der Waals surface area contributed by atoms with Gasteiger partial charge >= 0.3 is 11.9 Å². The highest BCUT2D eigenvalue weighted by atomic mass is 16.4. The van der Waals surface area contributed by atoms with Crippen LogP contribution in [0.2, 0.25) is 0 Å². The lowest BCUT2D eigenvalue weighted by atomic mass is 10.3. The number of nitrogens with zero attached hydrogens (tertiary/aromatic N) is 2. The van der Waals surface area contributed by atoms with Crippen molar-refractivity contribution < 1.29 is 34.5 Å². The Hall–Kier alpha value is -2.24. The summed E-state index contributed by atoms with van der Waals surface area (Å²) in [4.78, 5) is 48.0. The monoisotopic (exact) mass is 346 g/mol. The predicted molar refractivity (Wildman–Crippen MR) is 80.2 cm³/mol. The molecule has 1 saturated heterocycles. The number of aliphatic hydroxyl groups is 1. The second-order valence-corrected chi connectivity index (χ2v) is 5.47. The fraction of sp³-hybridized carbons (Fsp3) is 0.692. The summed E-state index contributed by atoms with van der Waals surface area (Å²) in [6, 6.07) is 0. The number of carbonyl (C=O) groups is 4. The topological polar surface area (TPSA) is 160 Å². The second-order valence-electron chi connectivity index (χ2n) is 5.47. The first-order chi connectivity index (χ1) is 11.3. The quantitative estimate of drug-likeness (QED) is 0.346. The zero-order valence-corrected chi connectivity index (χ0v) is 13.1. The number of rotatable bonds is 4. The first kappa shape index (κ1) is 19.8. The number of aliphatic hydroxyl groups excluding tert-OH is 1. The van der Waals surface area contributed by atoms with Crippen LogP contribution in [0, 0.1) is 0 Å². The molecule has 0 unspecified atom stereocenters. The van der Waals surface area contributed by atoms with Crippen molar-refractivity contribution in [3.8, 4) is 0 Å². The maximum atomic E-state index is 11.8. The summed E-state index contributed by atoms with van der Waals surface area (Å²) in [5, 5.41) is 32.4. The lowest BCUT2D eigenvalue weighted by Gasteiger charge is -2.24. The number of hydrogen-bond acceptors (Lipinski definition) is 7. The molecule has 24 heavy (non-hydrogen) atoms. The number of carbonyl (C=O) groups excluding carboxylic acids is 2. The van der Waals surface area contributed by atoms with Gasteiger partial charge in [0.15, 0.2) is 0 Å². The summed E-state index contributed by atoms with van der Waals surface area (Å²) in [6.07, 6.45) is -1.00. The molecule has 0 bridgehead atoms. The average Bonchev–Trinajstić information content (AvgIpc) is 2.47. The molecule has 0 aromatic carbocycles. The number of aliphatic carboxylic acids is 2. The average molecular weight is 346 g/mol. The zero-order chi connectivity index (χ0) is 18.1. The summed E-state index contributed by atoms with van der Waals surface area (Å²) in [7, 11) is 0. The molecule has 0 radical (unpaired) electrons. The van der Waals surface area contributed by atoms with Crippen molar-refractivity contribution in [1.29, 1.82) is 0 Å². The molecule has 0 spiro atoms. The third kappa shape index (κ3) is 8.41. The summed E-state index contributed by atoms with van der Waals surface area (Å²) < 4.78 is 0. The first-order valence-electron chi connectivity index (χ1n) is 7.36. The molecule has 2 amide bonds. The summed E-state index contributed by atoms with van der Waals surface area (Å²) >= 11 is 0.